The molecule has 1 aromatic rings. The van der Waals surface area contributed by atoms with E-state index in [-0.39, 0.29) is 5.69 Å². The van der Waals surface area contributed by atoms with Crippen LogP contribution in [0.3, 0.4) is 0 Å². The van der Waals surface area contributed by atoms with Gasteiger partial charge in [-0.25, -0.2) is 9.89 Å². The highest BCUT2D eigenvalue weighted by atomic mass is 16.3. The second kappa shape index (κ2) is 4.41. The van der Waals surface area contributed by atoms with Gasteiger partial charge in [0.1, 0.15) is 6.33 Å². The number of rotatable bonds is 3. The monoisotopic (exact) mass is 225 g/mol. The van der Waals surface area contributed by atoms with Gasteiger partial charge in [0, 0.05) is 0 Å². The Bertz CT molecular complexity index is 388. The third-order valence-corrected chi connectivity index (χ3v) is 3.70. The maximum absolute atomic E-state index is 11.3. The molecule has 0 saturated heterocycles. The molecule has 0 radical (unpaired) electrons. The molecule has 0 bridgehead atoms. The minimum Gasteiger partial charge on any atom is -0.388 e. The van der Waals surface area contributed by atoms with Crippen LogP contribution in [0.15, 0.2) is 11.1 Å². The molecule has 2 rings (SSSR count). The predicted octanol–water partition coefficient (Wildman–Crippen LogP) is 0.903. The summed E-state index contributed by atoms with van der Waals surface area (Å²) < 4.78 is 1.45. The molecule has 5 heteroatoms. The van der Waals surface area contributed by atoms with Crippen molar-refractivity contribution < 1.29 is 5.11 Å². The number of hydrogen-bond acceptors (Lipinski definition) is 3. The van der Waals surface area contributed by atoms with Crippen LogP contribution in [0.5, 0.6) is 0 Å². The lowest BCUT2D eigenvalue weighted by Crippen LogP contribution is -2.40. The number of nitrogens with one attached hydrogen (secondary N) is 1. The van der Waals surface area contributed by atoms with E-state index in [1.165, 1.54) is 17.3 Å². The molecule has 0 aromatic carbocycles. The van der Waals surface area contributed by atoms with E-state index >= 15 is 0 Å². The van der Waals surface area contributed by atoms with Gasteiger partial charge in [0.05, 0.1) is 12.1 Å². The smallest absolute Gasteiger partial charge is 0.343 e. The van der Waals surface area contributed by atoms with Crippen molar-refractivity contribution >= 4 is 0 Å². The predicted molar refractivity (Wildman–Crippen MR) is 60.0 cm³/mol. The molecule has 1 aliphatic carbocycles. The molecule has 16 heavy (non-hydrogen) atoms. The molecule has 5 nitrogen and oxygen atoms in total. The first-order valence-electron chi connectivity index (χ1n) is 5.95. The van der Waals surface area contributed by atoms with Crippen LogP contribution in [0.25, 0.3) is 0 Å². The summed E-state index contributed by atoms with van der Waals surface area (Å²) in [5, 5.41) is 16.4. The largest absolute Gasteiger partial charge is 0.388 e. The van der Waals surface area contributed by atoms with Gasteiger partial charge in [0.15, 0.2) is 0 Å². The number of aliphatic hydroxyl groups is 1. The molecule has 90 valence electrons. The van der Waals surface area contributed by atoms with E-state index in [1.54, 1.807) is 0 Å². The minimum absolute atomic E-state index is 0.244. The summed E-state index contributed by atoms with van der Waals surface area (Å²) in [6.45, 7) is 2.55. The highest BCUT2D eigenvalue weighted by molar-refractivity contribution is 4.86. The van der Waals surface area contributed by atoms with E-state index < -0.39 is 5.60 Å². The van der Waals surface area contributed by atoms with E-state index in [0.29, 0.717) is 6.54 Å². The van der Waals surface area contributed by atoms with Crippen LogP contribution in [-0.2, 0) is 6.54 Å². The molecular weight excluding hydrogens is 206 g/mol. The zero-order chi connectivity index (χ0) is 11.6. The maximum atomic E-state index is 11.3. The van der Waals surface area contributed by atoms with Crippen LogP contribution in [0, 0.1) is 5.92 Å². The Morgan fingerprint density at radius 3 is 2.81 bits per heavy atom. The zero-order valence-corrected chi connectivity index (χ0v) is 9.65. The third-order valence-electron chi connectivity index (χ3n) is 3.70. The van der Waals surface area contributed by atoms with Crippen LogP contribution in [0.1, 0.15) is 39.0 Å². The first-order chi connectivity index (χ1) is 7.63. The summed E-state index contributed by atoms with van der Waals surface area (Å²) in [4.78, 5) is 11.3. The minimum atomic E-state index is -0.723. The Morgan fingerprint density at radius 2 is 2.31 bits per heavy atom. The van der Waals surface area contributed by atoms with Gasteiger partial charge in [-0.15, -0.1) is 0 Å². The van der Waals surface area contributed by atoms with Gasteiger partial charge in [0.25, 0.3) is 0 Å². The van der Waals surface area contributed by atoms with Crippen LogP contribution in [0.2, 0.25) is 0 Å². The summed E-state index contributed by atoms with van der Waals surface area (Å²) in [5.41, 5.74) is -0.967. The maximum Gasteiger partial charge on any atom is 0.343 e. The van der Waals surface area contributed by atoms with Gasteiger partial charge in [-0.2, -0.15) is 5.10 Å². The Balaban J connectivity index is 2.00. The van der Waals surface area contributed by atoms with Crippen molar-refractivity contribution in [2.45, 2.75) is 51.2 Å². The summed E-state index contributed by atoms with van der Waals surface area (Å²) in [7, 11) is 0. The summed E-state index contributed by atoms with van der Waals surface area (Å²) in [5.74, 6) is 0.737. The lowest BCUT2D eigenvalue weighted by molar-refractivity contribution is -0.0247. The van der Waals surface area contributed by atoms with Crippen molar-refractivity contribution in [2.24, 2.45) is 5.92 Å². The Labute approximate surface area is 94.5 Å². The summed E-state index contributed by atoms with van der Waals surface area (Å²) >= 11 is 0. The van der Waals surface area contributed by atoms with Crippen LogP contribution in [0.4, 0.5) is 0 Å². The first kappa shape index (κ1) is 11.4. The second-order valence-corrected chi connectivity index (χ2v) is 4.87. The fourth-order valence-corrected chi connectivity index (χ4v) is 2.48. The fourth-order valence-electron chi connectivity index (χ4n) is 2.48. The van der Waals surface area contributed by atoms with Crippen molar-refractivity contribution in [3.05, 3.63) is 16.8 Å². The Kier molecular flexibility index (Phi) is 3.14. The second-order valence-electron chi connectivity index (χ2n) is 4.87. The Hall–Kier alpha value is -1.10. The number of aromatic amines is 1. The average Bonchev–Trinajstić information content (AvgIpc) is 2.65. The van der Waals surface area contributed by atoms with E-state index in [0.717, 1.165) is 31.6 Å². The molecule has 0 spiro atoms. The molecule has 0 amide bonds. The summed E-state index contributed by atoms with van der Waals surface area (Å²) in [6, 6.07) is 0. The van der Waals surface area contributed by atoms with Crippen molar-refractivity contribution in [1.82, 2.24) is 14.8 Å². The van der Waals surface area contributed by atoms with Crippen molar-refractivity contribution in [1.29, 1.82) is 0 Å². The number of hydrogen-bond donors (Lipinski definition) is 2. The van der Waals surface area contributed by atoms with Crippen molar-refractivity contribution in [3.63, 3.8) is 0 Å². The molecule has 1 fully saturated rings. The van der Waals surface area contributed by atoms with Gasteiger partial charge < -0.3 is 5.11 Å². The normalized spacial score (nSPS) is 30.5. The first-order valence-corrected chi connectivity index (χ1v) is 5.95. The SMILES string of the molecule is CCC1CCC(O)(Cn2cn[nH]c2=O)CC1. The highest BCUT2D eigenvalue weighted by Crippen LogP contribution is 2.34. The van der Waals surface area contributed by atoms with Gasteiger partial charge in [-0.05, 0) is 31.6 Å². The number of nitrogens with zero attached hydrogens (tertiary/aromatic N) is 2. The highest BCUT2D eigenvalue weighted by Gasteiger charge is 2.33. The quantitative estimate of drug-likeness (QED) is 0.803. The molecule has 1 aliphatic rings. The Morgan fingerprint density at radius 1 is 1.62 bits per heavy atom. The van der Waals surface area contributed by atoms with Crippen molar-refractivity contribution in [2.75, 3.05) is 0 Å². The molecule has 1 aromatic heterocycles. The van der Waals surface area contributed by atoms with Gasteiger partial charge in [0.2, 0.25) is 0 Å². The number of aromatic nitrogens is 3. The number of H-pyrrole nitrogens is 1. The van der Waals surface area contributed by atoms with Crippen LogP contribution in [-0.4, -0.2) is 25.5 Å². The van der Waals surface area contributed by atoms with Crippen molar-refractivity contribution in [3.8, 4) is 0 Å². The molecule has 0 aliphatic heterocycles. The van der Waals surface area contributed by atoms with Gasteiger partial charge in [-0.1, -0.05) is 13.3 Å². The molecule has 1 saturated carbocycles. The molecular formula is C11H19N3O2. The summed E-state index contributed by atoms with van der Waals surface area (Å²) in [6.07, 6.45) is 6.30. The lowest BCUT2D eigenvalue weighted by Gasteiger charge is -2.35. The van der Waals surface area contributed by atoms with E-state index in [1.807, 2.05) is 0 Å². The average molecular weight is 225 g/mol. The zero-order valence-electron chi connectivity index (χ0n) is 9.65. The van der Waals surface area contributed by atoms with Crippen LogP contribution >= 0.6 is 0 Å². The van der Waals surface area contributed by atoms with Crippen LogP contribution < -0.4 is 5.69 Å². The van der Waals surface area contributed by atoms with E-state index in [2.05, 4.69) is 17.1 Å². The lowest BCUT2D eigenvalue weighted by atomic mass is 9.78. The molecule has 0 atom stereocenters. The standard InChI is InChI=1S/C11H19N3O2/c1-2-9-3-5-11(16,6-4-9)7-14-8-12-13-10(14)15/h8-9,16H,2-7H2,1H3,(H,13,15). The van der Waals surface area contributed by atoms with Gasteiger partial charge >= 0.3 is 5.69 Å². The topological polar surface area (TPSA) is 70.9 Å². The van der Waals surface area contributed by atoms with E-state index in [4.69, 9.17) is 0 Å². The fraction of sp³-hybridized carbons (Fsp3) is 0.818. The third kappa shape index (κ3) is 2.35. The molecule has 1 heterocycles. The molecule has 0 unspecified atom stereocenters. The molecule has 2 N–H and O–H groups in total. The van der Waals surface area contributed by atoms with Gasteiger partial charge in [-0.3, -0.25) is 4.57 Å². The van der Waals surface area contributed by atoms with E-state index in [9.17, 15) is 9.90 Å².